The Balaban J connectivity index is 1.33. The van der Waals surface area contributed by atoms with E-state index in [1.165, 1.54) is 11.8 Å². The maximum atomic E-state index is 12.9. The summed E-state index contributed by atoms with van der Waals surface area (Å²) in [5, 5.41) is 32.0. The lowest BCUT2D eigenvalue weighted by atomic mass is 9.92. The summed E-state index contributed by atoms with van der Waals surface area (Å²) in [6.07, 6.45) is -1.36. The fourth-order valence-electron chi connectivity index (χ4n) is 5.16. The highest BCUT2D eigenvalue weighted by Gasteiger charge is 2.36. The van der Waals surface area contributed by atoms with Crippen molar-refractivity contribution in [1.82, 2.24) is 9.29 Å². The van der Waals surface area contributed by atoms with E-state index in [1.54, 1.807) is 19.1 Å². The summed E-state index contributed by atoms with van der Waals surface area (Å²) in [6, 6.07) is 18.1. The molecule has 2 aromatic carbocycles. The SMILES string of the molecule is C[C@H]1[C@H](O)[C@@H](CNS(=O)(=O)/C(C#N)=C/c2ccc(-c3ccc4cc(N5CCOCC5)ccc4c3)n2C)OC[C@@H]1O. The van der Waals surface area contributed by atoms with Gasteiger partial charge in [-0.2, -0.15) is 5.26 Å². The van der Waals surface area contributed by atoms with Gasteiger partial charge in [0, 0.05) is 49.7 Å². The van der Waals surface area contributed by atoms with Crippen LogP contribution in [-0.2, 0) is 26.5 Å². The van der Waals surface area contributed by atoms with E-state index in [1.807, 2.05) is 23.7 Å². The van der Waals surface area contributed by atoms with E-state index >= 15 is 0 Å². The van der Waals surface area contributed by atoms with Crippen LogP contribution in [0.25, 0.3) is 28.1 Å². The normalized spacial score (nSPS) is 24.3. The minimum Gasteiger partial charge on any atom is -0.390 e. The Hall–Kier alpha value is -3.24. The first-order valence-electron chi connectivity index (χ1n) is 13.3. The molecular weight excluding hydrogens is 532 g/mol. The molecule has 10 nitrogen and oxygen atoms in total. The summed E-state index contributed by atoms with van der Waals surface area (Å²) in [7, 11) is -2.35. The molecule has 2 fully saturated rings. The van der Waals surface area contributed by atoms with Crippen molar-refractivity contribution in [2.45, 2.75) is 25.2 Å². The van der Waals surface area contributed by atoms with Crippen molar-refractivity contribution < 1.29 is 28.1 Å². The number of aliphatic hydroxyl groups is 2. The number of benzene rings is 2. The molecule has 3 heterocycles. The Kier molecular flexibility index (Phi) is 8.28. The van der Waals surface area contributed by atoms with Gasteiger partial charge >= 0.3 is 0 Å². The monoisotopic (exact) mass is 566 g/mol. The van der Waals surface area contributed by atoms with Crippen LogP contribution in [0.1, 0.15) is 12.6 Å². The molecule has 4 atom stereocenters. The Bertz CT molecular complexity index is 1550. The van der Waals surface area contributed by atoms with Crippen LogP contribution < -0.4 is 9.62 Å². The van der Waals surface area contributed by atoms with Crippen LogP contribution in [0.4, 0.5) is 5.69 Å². The zero-order chi connectivity index (χ0) is 28.4. The molecule has 0 aliphatic carbocycles. The molecule has 40 heavy (non-hydrogen) atoms. The smallest absolute Gasteiger partial charge is 0.250 e. The van der Waals surface area contributed by atoms with Crippen LogP contribution >= 0.6 is 0 Å². The average Bonchev–Trinajstić information content (AvgIpc) is 3.33. The van der Waals surface area contributed by atoms with Crippen molar-refractivity contribution >= 4 is 32.6 Å². The quantitative estimate of drug-likeness (QED) is 0.371. The number of allylic oxidation sites excluding steroid dienone is 1. The van der Waals surface area contributed by atoms with Gasteiger partial charge in [0.05, 0.1) is 38.1 Å². The number of morpholine rings is 1. The maximum Gasteiger partial charge on any atom is 0.250 e. The van der Waals surface area contributed by atoms with Gasteiger partial charge in [0.25, 0.3) is 10.0 Å². The van der Waals surface area contributed by atoms with E-state index < -0.39 is 39.2 Å². The molecule has 11 heteroatoms. The predicted molar refractivity (Wildman–Crippen MR) is 153 cm³/mol. The molecule has 2 aliphatic rings. The van der Waals surface area contributed by atoms with E-state index in [0.717, 1.165) is 48.3 Å². The van der Waals surface area contributed by atoms with E-state index in [9.17, 15) is 23.9 Å². The molecule has 0 unspecified atom stereocenters. The van der Waals surface area contributed by atoms with Gasteiger partial charge < -0.3 is 29.2 Å². The van der Waals surface area contributed by atoms with Gasteiger partial charge in [-0.3, -0.25) is 0 Å². The Morgan fingerprint density at radius 2 is 1.85 bits per heavy atom. The standard InChI is InChI=1S/C29H34N4O6S/c1-19-27(34)18-39-28(29(19)35)17-31-40(36,37)25(16-30)15-23-7-8-26(32(23)2)22-4-3-21-14-24(6-5-20(21)13-22)33-9-11-38-12-10-33/h3-8,13-15,19,27-29,31,34-35H,9-12,17-18H2,1-2H3/b25-15+/t19-,27+,28-,29+/m1/s1. The largest absolute Gasteiger partial charge is 0.390 e. The molecule has 0 amide bonds. The van der Waals surface area contributed by atoms with Crippen molar-refractivity contribution in [3.05, 3.63) is 59.1 Å². The number of anilines is 1. The van der Waals surface area contributed by atoms with Crippen LogP contribution in [0.3, 0.4) is 0 Å². The lowest BCUT2D eigenvalue weighted by molar-refractivity contribution is -0.151. The number of aliphatic hydroxyl groups excluding tert-OH is 2. The van der Waals surface area contributed by atoms with E-state index in [0.29, 0.717) is 5.69 Å². The Morgan fingerprint density at radius 3 is 2.60 bits per heavy atom. The first-order chi connectivity index (χ1) is 19.2. The molecule has 5 rings (SSSR count). The number of nitrogens with one attached hydrogen (secondary N) is 1. The lowest BCUT2D eigenvalue weighted by Crippen LogP contribution is -2.52. The summed E-state index contributed by atoms with van der Waals surface area (Å²) in [6.45, 7) is 4.66. The number of aromatic nitrogens is 1. The van der Waals surface area contributed by atoms with Gasteiger partial charge in [-0.15, -0.1) is 0 Å². The summed E-state index contributed by atoms with van der Waals surface area (Å²) < 4.78 is 40.9. The molecule has 0 bridgehead atoms. The van der Waals surface area contributed by atoms with Crippen LogP contribution in [0.5, 0.6) is 0 Å². The summed E-state index contributed by atoms with van der Waals surface area (Å²) in [5.74, 6) is -0.460. The lowest BCUT2D eigenvalue weighted by Gasteiger charge is -2.36. The topological polar surface area (TPSA) is 137 Å². The summed E-state index contributed by atoms with van der Waals surface area (Å²) in [5.41, 5.74) is 3.56. The second-order valence-electron chi connectivity index (χ2n) is 10.3. The van der Waals surface area contributed by atoms with Crippen LogP contribution in [-0.4, -0.2) is 81.0 Å². The van der Waals surface area contributed by atoms with E-state index in [-0.39, 0.29) is 13.2 Å². The number of nitrogens with zero attached hydrogens (tertiary/aromatic N) is 3. The second-order valence-corrected chi connectivity index (χ2v) is 12.0. The fourth-order valence-corrected chi connectivity index (χ4v) is 6.10. The number of hydrogen-bond acceptors (Lipinski definition) is 8. The number of ether oxygens (including phenoxy) is 2. The van der Waals surface area contributed by atoms with Gasteiger partial charge in [0.15, 0.2) is 4.91 Å². The zero-order valence-electron chi connectivity index (χ0n) is 22.5. The van der Waals surface area contributed by atoms with Crippen molar-refractivity contribution in [1.29, 1.82) is 5.26 Å². The summed E-state index contributed by atoms with van der Waals surface area (Å²) in [4.78, 5) is 1.87. The molecule has 0 spiro atoms. The average molecular weight is 567 g/mol. The first-order valence-corrected chi connectivity index (χ1v) is 14.8. The molecular formula is C29H34N4O6S. The second kappa shape index (κ2) is 11.7. The van der Waals surface area contributed by atoms with Gasteiger partial charge in [0.2, 0.25) is 0 Å². The van der Waals surface area contributed by atoms with Gasteiger partial charge in [-0.1, -0.05) is 25.1 Å². The highest BCUT2D eigenvalue weighted by molar-refractivity contribution is 7.93. The van der Waals surface area contributed by atoms with Crippen molar-refractivity contribution in [3.63, 3.8) is 0 Å². The Morgan fingerprint density at radius 1 is 1.12 bits per heavy atom. The number of fused-ring (bicyclic) bond motifs is 1. The molecule has 3 N–H and O–H groups in total. The molecule has 0 radical (unpaired) electrons. The van der Waals surface area contributed by atoms with Gasteiger partial charge in [0.1, 0.15) is 6.07 Å². The molecule has 2 saturated heterocycles. The number of sulfonamides is 1. The third-order valence-corrected chi connectivity index (χ3v) is 9.15. The predicted octanol–water partition coefficient (Wildman–Crippen LogP) is 2.22. The fraction of sp³-hybridized carbons (Fsp3) is 0.414. The van der Waals surface area contributed by atoms with Gasteiger partial charge in [-0.25, -0.2) is 13.1 Å². The molecule has 0 saturated carbocycles. The van der Waals surface area contributed by atoms with Crippen LogP contribution in [0.2, 0.25) is 0 Å². The van der Waals surface area contributed by atoms with E-state index in [4.69, 9.17) is 9.47 Å². The minimum atomic E-state index is -4.17. The third-order valence-electron chi connectivity index (χ3n) is 7.82. The van der Waals surface area contributed by atoms with Crippen LogP contribution in [0.15, 0.2) is 53.4 Å². The summed E-state index contributed by atoms with van der Waals surface area (Å²) >= 11 is 0. The van der Waals surface area contributed by atoms with Crippen molar-refractivity contribution in [3.8, 4) is 17.3 Å². The highest BCUT2D eigenvalue weighted by Crippen LogP contribution is 2.29. The minimum absolute atomic E-state index is 0.00149. The van der Waals surface area contributed by atoms with Crippen molar-refractivity contribution in [2.24, 2.45) is 13.0 Å². The highest BCUT2D eigenvalue weighted by atomic mass is 32.2. The van der Waals surface area contributed by atoms with E-state index in [2.05, 4.69) is 40.0 Å². The number of nitriles is 1. The first kappa shape index (κ1) is 28.3. The molecule has 2 aliphatic heterocycles. The Labute approximate surface area is 234 Å². The van der Waals surface area contributed by atoms with Crippen LogP contribution in [0, 0.1) is 17.2 Å². The number of hydrogen-bond donors (Lipinski definition) is 3. The molecule has 212 valence electrons. The van der Waals surface area contributed by atoms with Gasteiger partial charge in [-0.05, 0) is 52.7 Å². The number of rotatable bonds is 7. The van der Waals surface area contributed by atoms with Crippen molar-refractivity contribution in [2.75, 3.05) is 44.4 Å². The third kappa shape index (κ3) is 5.78. The maximum absolute atomic E-state index is 12.9. The zero-order valence-corrected chi connectivity index (χ0v) is 23.3. The molecule has 1 aromatic heterocycles. The molecule has 3 aromatic rings.